The molecule has 0 aliphatic rings. The molecule has 0 atom stereocenters. The number of aryl methyl sites for hydroxylation is 2. The molecular weight excluding hydrogens is 240 g/mol. The molecule has 0 N–H and O–H groups in total. The van der Waals surface area contributed by atoms with Crippen LogP contribution < -0.4 is 0 Å². The molecule has 0 nitrogen and oxygen atoms in total. The van der Waals surface area contributed by atoms with Crippen LogP contribution >= 0.6 is 0 Å². The minimum Gasteiger partial charge on any atom is -0.0581 e. The smallest absolute Gasteiger partial charge is 0.0255 e. The highest BCUT2D eigenvalue weighted by Crippen LogP contribution is 2.01. The Morgan fingerprint density at radius 2 is 0.850 bits per heavy atom. The maximum Gasteiger partial charge on any atom is 0.0255 e. The van der Waals surface area contributed by atoms with E-state index in [4.69, 9.17) is 0 Å². The molecule has 0 aliphatic carbocycles. The lowest BCUT2D eigenvalue weighted by atomic mass is 10.1. The van der Waals surface area contributed by atoms with Gasteiger partial charge in [-0.15, -0.1) is 0 Å². The summed E-state index contributed by atoms with van der Waals surface area (Å²) in [5.74, 6) is 17.1. The summed E-state index contributed by atoms with van der Waals surface area (Å²) in [5, 5.41) is 0. The van der Waals surface area contributed by atoms with Crippen molar-refractivity contribution < 1.29 is 0 Å². The van der Waals surface area contributed by atoms with Crippen LogP contribution in [-0.2, 0) is 0 Å². The maximum absolute atomic E-state index is 2.99. The highest BCUT2D eigenvalue weighted by Gasteiger charge is 1.85. The molecule has 0 amide bonds. The Bertz CT molecular complexity index is 689. The van der Waals surface area contributed by atoms with Crippen molar-refractivity contribution in [1.82, 2.24) is 0 Å². The second-order valence-corrected chi connectivity index (χ2v) is 4.48. The first-order valence-corrected chi connectivity index (χ1v) is 6.39. The number of benzene rings is 2. The van der Waals surface area contributed by atoms with Crippen molar-refractivity contribution >= 4 is 0 Å². The molecule has 0 aromatic heterocycles. The van der Waals surface area contributed by atoms with Crippen LogP contribution in [0.15, 0.2) is 48.5 Å². The Hall–Kier alpha value is -2.88. The van der Waals surface area contributed by atoms with Crippen LogP contribution in [0.4, 0.5) is 0 Å². The Kier molecular flexibility index (Phi) is 4.67. The van der Waals surface area contributed by atoms with Gasteiger partial charge in [-0.25, -0.2) is 0 Å². The largest absolute Gasteiger partial charge is 0.0581 e. The second kappa shape index (κ2) is 6.89. The third kappa shape index (κ3) is 4.42. The predicted octanol–water partition coefficient (Wildman–Crippen LogP) is 3.71. The quantitative estimate of drug-likeness (QED) is 0.629. The molecule has 0 fully saturated rings. The highest BCUT2D eigenvalue weighted by molar-refractivity contribution is 5.45. The molecule has 0 radical (unpaired) electrons. The Balaban J connectivity index is 2.00. The van der Waals surface area contributed by atoms with E-state index in [0.717, 1.165) is 11.1 Å². The van der Waals surface area contributed by atoms with Crippen LogP contribution in [-0.4, -0.2) is 0 Å². The van der Waals surface area contributed by atoms with E-state index in [1.165, 1.54) is 11.1 Å². The van der Waals surface area contributed by atoms with Crippen molar-refractivity contribution in [1.29, 1.82) is 0 Å². The number of rotatable bonds is 0. The molecule has 0 spiro atoms. The zero-order chi connectivity index (χ0) is 14.2. The van der Waals surface area contributed by atoms with E-state index >= 15 is 0 Å². The molecule has 2 aromatic rings. The Morgan fingerprint density at radius 1 is 0.500 bits per heavy atom. The topological polar surface area (TPSA) is 0 Å². The van der Waals surface area contributed by atoms with Gasteiger partial charge in [-0.05, 0) is 61.8 Å². The Labute approximate surface area is 120 Å². The predicted molar refractivity (Wildman–Crippen MR) is 83.9 cm³/mol. The first-order valence-electron chi connectivity index (χ1n) is 6.39. The molecule has 0 heteroatoms. The van der Waals surface area contributed by atoms with Gasteiger partial charge in [0.2, 0.25) is 0 Å². The van der Waals surface area contributed by atoms with Gasteiger partial charge in [-0.3, -0.25) is 0 Å². The summed E-state index contributed by atoms with van der Waals surface area (Å²) in [6.45, 7) is 4.11. The molecular formula is C20H14. The van der Waals surface area contributed by atoms with Crippen LogP contribution in [0.5, 0.6) is 0 Å². The SMILES string of the molecule is Cc1ccc(C#CC#CC#Cc2ccc(C)cc2)cc1. The molecule has 0 heterocycles. The van der Waals surface area contributed by atoms with E-state index in [2.05, 4.69) is 49.4 Å². The summed E-state index contributed by atoms with van der Waals surface area (Å²) >= 11 is 0. The Morgan fingerprint density at radius 3 is 1.20 bits per heavy atom. The normalized spacial score (nSPS) is 8.30. The van der Waals surface area contributed by atoms with E-state index < -0.39 is 0 Å². The second-order valence-electron chi connectivity index (χ2n) is 4.48. The number of hydrogen-bond donors (Lipinski definition) is 0. The van der Waals surface area contributed by atoms with Gasteiger partial charge in [0.1, 0.15) is 0 Å². The van der Waals surface area contributed by atoms with Crippen LogP contribution in [0.1, 0.15) is 22.3 Å². The fraction of sp³-hybridized carbons (Fsp3) is 0.100. The van der Waals surface area contributed by atoms with E-state index in [1.807, 2.05) is 48.5 Å². The minimum absolute atomic E-state index is 0.969. The fourth-order valence-electron chi connectivity index (χ4n) is 1.54. The zero-order valence-corrected chi connectivity index (χ0v) is 11.6. The van der Waals surface area contributed by atoms with E-state index in [-0.39, 0.29) is 0 Å². The molecule has 94 valence electrons. The molecule has 2 rings (SSSR count). The summed E-state index contributed by atoms with van der Waals surface area (Å²) < 4.78 is 0. The van der Waals surface area contributed by atoms with Crippen molar-refractivity contribution in [3.63, 3.8) is 0 Å². The molecule has 0 aliphatic heterocycles. The van der Waals surface area contributed by atoms with Gasteiger partial charge in [0.25, 0.3) is 0 Å². The van der Waals surface area contributed by atoms with Crippen molar-refractivity contribution in [3.05, 3.63) is 70.8 Å². The molecule has 2 aromatic carbocycles. The monoisotopic (exact) mass is 254 g/mol. The van der Waals surface area contributed by atoms with Gasteiger partial charge in [0.15, 0.2) is 0 Å². The lowest BCUT2D eigenvalue weighted by Gasteiger charge is -1.90. The fourth-order valence-corrected chi connectivity index (χ4v) is 1.54. The van der Waals surface area contributed by atoms with Crippen molar-refractivity contribution in [2.45, 2.75) is 13.8 Å². The van der Waals surface area contributed by atoms with E-state index in [0.29, 0.717) is 0 Å². The molecule has 20 heavy (non-hydrogen) atoms. The third-order valence-corrected chi connectivity index (χ3v) is 2.70. The highest BCUT2D eigenvalue weighted by atomic mass is 13.9. The molecule has 0 saturated carbocycles. The van der Waals surface area contributed by atoms with Crippen LogP contribution in [0.25, 0.3) is 0 Å². The third-order valence-electron chi connectivity index (χ3n) is 2.70. The lowest BCUT2D eigenvalue weighted by Crippen LogP contribution is -1.74. The first kappa shape index (κ1) is 13.5. The van der Waals surface area contributed by atoms with Gasteiger partial charge in [0, 0.05) is 11.1 Å². The minimum atomic E-state index is 0.969. The van der Waals surface area contributed by atoms with E-state index in [1.54, 1.807) is 0 Å². The first-order chi connectivity index (χ1) is 9.74. The number of hydrogen-bond acceptors (Lipinski definition) is 0. The van der Waals surface area contributed by atoms with Crippen molar-refractivity contribution in [2.75, 3.05) is 0 Å². The summed E-state index contributed by atoms with van der Waals surface area (Å²) in [4.78, 5) is 0. The average molecular weight is 254 g/mol. The van der Waals surface area contributed by atoms with Crippen LogP contribution in [0.3, 0.4) is 0 Å². The van der Waals surface area contributed by atoms with Gasteiger partial charge >= 0.3 is 0 Å². The lowest BCUT2D eigenvalue weighted by molar-refractivity contribution is 1.46. The van der Waals surface area contributed by atoms with Gasteiger partial charge < -0.3 is 0 Å². The van der Waals surface area contributed by atoms with Crippen molar-refractivity contribution in [2.24, 2.45) is 0 Å². The van der Waals surface area contributed by atoms with Gasteiger partial charge in [-0.2, -0.15) is 0 Å². The van der Waals surface area contributed by atoms with Crippen LogP contribution in [0, 0.1) is 49.4 Å². The van der Waals surface area contributed by atoms with Crippen molar-refractivity contribution in [3.8, 4) is 35.5 Å². The van der Waals surface area contributed by atoms with Crippen LogP contribution in [0.2, 0.25) is 0 Å². The van der Waals surface area contributed by atoms with E-state index in [9.17, 15) is 0 Å². The van der Waals surface area contributed by atoms with Gasteiger partial charge in [-0.1, -0.05) is 47.2 Å². The zero-order valence-electron chi connectivity index (χ0n) is 11.6. The molecule has 0 bridgehead atoms. The maximum atomic E-state index is 2.99. The molecule has 0 unspecified atom stereocenters. The summed E-state index contributed by atoms with van der Waals surface area (Å²) in [7, 11) is 0. The van der Waals surface area contributed by atoms with Gasteiger partial charge in [0.05, 0.1) is 0 Å². The summed E-state index contributed by atoms with van der Waals surface area (Å²) in [5.41, 5.74) is 4.39. The standard InChI is InChI=1S/C20H14/c1-17-9-13-19(14-10-17)7-5-3-4-6-8-20-15-11-18(2)12-16-20/h9-16H,1-2H3. The summed E-state index contributed by atoms with van der Waals surface area (Å²) in [6.07, 6.45) is 0. The molecule has 0 saturated heterocycles. The summed E-state index contributed by atoms with van der Waals surface area (Å²) in [6, 6.07) is 16.1. The average Bonchev–Trinajstić information content (AvgIpc) is 2.46.